The minimum absolute atomic E-state index is 0.113. The van der Waals surface area contributed by atoms with E-state index in [9.17, 15) is 14.4 Å². The lowest BCUT2D eigenvalue weighted by Gasteiger charge is -2.27. The van der Waals surface area contributed by atoms with Gasteiger partial charge in [-0.2, -0.15) is 0 Å². The minimum Gasteiger partial charge on any atom is -0.490 e. The van der Waals surface area contributed by atoms with Crippen LogP contribution in [0.25, 0.3) is 6.08 Å². The fourth-order valence-electron chi connectivity index (χ4n) is 2.91. The molecule has 0 saturated carbocycles. The predicted molar refractivity (Wildman–Crippen MR) is 112 cm³/mol. The van der Waals surface area contributed by atoms with Gasteiger partial charge in [-0.05, 0) is 75.2 Å². The number of aryl methyl sites for hydroxylation is 2. The number of hydrogen-bond acceptors (Lipinski definition) is 4. The highest BCUT2D eigenvalue weighted by Gasteiger charge is 2.37. The molecular weight excluding hydrogens is 392 g/mol. The molecule has 0 unspecified atom stereocenters. The Morgan fingerprint density at radius 2 is 1.76 bits per heavy atom. The average molecular weight is 413 g/mol. The van der Waals surface area contributed by atoms with E-state index in [0.29, 0.717) is 22.0 Å². The van der Waals surface area contributed by atoms with Crippen LogP contribution in [-0.2, 0) is 9.59 Å². The number of halogens is 1. The number of ether oxygens (including phenoxy) is 1. The van der Waals surface area contributed by atoms with Crippen LogP contribution in [0.5, 0.6) is 5.75 Å². The molecule has 0 radical (unpaired) electrons. The topological polar surface area (TPSA) is 75.7 Å². The zero-order valence-corrected chi connectivity index (χ0v) is 17.3. The maximum absolute atomic E-state index is 13.1. The number of carbonyl (C=O) groups is 3. The van der Waals surface area contributed by atoms with E-state index in [4.69, 9.17) is 16.3 Å². The molecule has 6 nitrogen and oxygen atoms in total. The number of nitrogens with one attached hydrogen (secondary N) is 1. The summed E-state index contributed by atoms with van der Waals surface area (Å²) in [5.74, 6) is -1.000. The van der Waals surface area contributed by atoms with E-state index >= 15 is 0 Å². The third-order valence-electron chi connectivity index (χ3n) is 4.48. The molecule has 1 N–H and O–H groups in total. The van der Waals surface area contributed by atoms with Crippen molar-refractivity contribution in [3.05, 3.63) is 63.7 Å². The Bertz CT molecular complexity index is 1040. The first kappa shape index (κ1) is 20.6. The zero-order chi connectivity index (χ0) is 21.3. The van der Waals surface area contributed by atoms with Gasteiger partial charge in [-0.25, -0.2) is 9.69 Å². The molecule has 2 aromatic carbocycles. The summed E-state index contributed by atoms with van der Waals surface area (Å²) < 4.78 is 5.75. The van der Waals surface area contributed by atoms with Crippen molar-refractivity contribution in [2.75, 3.05) is 4.90 Å². The van der Waals surface area contributed by atoms with Gasteiger partial charge in [0.25, 0.3) is 11.8 Å². The third-order valence-corrected chi connectivity index (χ3v) is 4.72. The van der Waals surface area contributed by atoms with Gasteiger partial charge in [-0.1, -0.05) is 17.7 Å². The summed E-state index contributed by atoms with van der Waals surface area (Å²) in [5.41, 5.74) is 2.63. The molecule has 0 aliphatic carbocycles. The summed E-state index contributed by atoms with van der Waals surface area (Å²) >= 11 is 6.09. The molecule has 0 aromatic heterocycles. The second kappa shape index (κ2) is 8.09. The fraction of sp³-hybridized carbons (Fsp3) is 0.227. The number of urea groups is 1. The minimum atomic E-state index is -0.787. The maximum Gasteiger partial charge on any atom is 0.335 e. The van der Waals surface area contributed by atoms with E-state index in [-0.39, 0.29) is 11.7 Å². The highest BCUT2D eigenvalue weighted by Crippen LogP contribution is 2.29. The van der Waals surface area contributed by atoms with Crippen LogP contribution in [0.3, 0.4) is 0 Å². The van der Waals surface area contributed by atoms with Crippen LogP contribution in [-0.4, -0.2) is 23.9 Å². The first-order valence-electron chi connectivity index (χ1n) is 9.12. The van der Waals surface area contributed by atoms with Gasteiger partial charge in [-0.15, -0.1) is 0 Å². The van der Waals surface area contributed by atoms with Crippen molar-refractivity contribution in [2.45, 2.75) is 33.8 Å². The number of hydrogen-bond donors (Lipinski definition) is 1. The number of amides is 4. The molecule has 150 valence electrons. The second-order valence-electron chi connectivity index (χ2n) is 7.08. The molecule has 2 aromatic rings. The number of rotatable bonds is 4. The van der Waals surface area contributed by atoms with Crippen molar-refractivity contribution < 1.29 is 19.1 Å². The van der Waals surface area contributed by atoms with Crippen molar-refractivity contribution in [2.24, 2.45) is 0 Å². The van der Waals surface area contributed by atoms with Crippen molar-refractivity contribution in [1.29, 1.82) is 0 Å². The Morgan fingerprint density at radius 3 is 2.41 bits per heavy atom. The lowest BCUT2D eigenvalue weighted by atomic mass is 10.0. The van der Waals surface area contributed by atoms with E-state index in [1.807, 2.05) is 33.8 Å². The first-order valence-corrected chi connectivity index (χ1v) is 9.50. The molecule has 7 heteroatoms. The average Bonchev–Trinajstić information content (AvgIpc) is 2.63. The highest BCUT2D eigenvalue weighted by molar-refractivity contribution is 6.39. The Morgan fingerprint density at radius 1 is 1.03 bits per heavy atom. The molecule has 0 bridgehead atoms. The van der Waals surface area contributed by atoms with Crippen LogP contribution in [0, 0.1) is 13.8 Å². The molecule has 3 rings (SSSR count). The first-order chi connectivity index (χ1) is 13.7. The Labute approximate surface area is 174 Å². The lowest BCUT2D eigenvalue weighted by Crippen LogP contribution is -2.54. The molecule has 1 heterocycles. The van der Waals surface area contributed by atoms with E-state index in [1.165, 1.54) is 6.08 Å². The van der Waals surface area contributed by atoms with Gasteiger partial charge >= 0.3 is 6.03 Å². The van der Waals surface area contributed by atoms with E-state index in [0.717, 1.165) is 16.0 Å². The number of imide groups is 2. The summed E-state index contributed by atoms with van der Waals surface area (Å²) in [6, 6.07) is 9.36. The van der Waals surface area contributed by atoms with Crippen LogP contribution in [0.2, 0.25) is 5.02 Å². The van der Waals surface area contributed by atoms with Gasteiger partial charge < -0.3 is 4.74 Å². The molecule has 1 aliphatic rings. The molecular formula is C22H21ClN2O4. The smallest absolute Gasteiger partial charge is 0.335 e. The normalized spacial score (nSPS) is 15.9. The van der Waals surface area contributed by atoms with E-state index in [2.05, 4.69) is 5.32 Å². The van der Waals surface area contributed by atoms with Gasteiger partial charge in [0.1, 0.15) is 11.3 Å². The number of benzene rings is 2. The molecule has 0 atom stereocenters. The fourth-order valence-corrected chi connectivity index (χ4v) is 3.09. The molecule has 1 saturated heterocycles. The highest BCUT2D eigenvalue weighted by atomic mass is 35.5. The molecule has 4 amide bonds. The van der Waals surface area contributed by atoms with Crippen molar-refractivity contribution >= 4 is 41.2 Å². The molecule has 0 spiro atoms. The largest absolute Gasteiger partial charge is 0.490 e. The Kier molecular flexibility index (Phi) is 5.75. The summed E-state index contributed by atoms with van der Waals surface area (Å²) in [6.07, 6.45) is 1.28. The van der Waals surface area contributed by atoms with Crippen LogP contribution < -0.4 is 15.0 Å². The van der Waals surface area contributed by atoms with E-state index in [1.54, 1.807) is 30.3 Å². The maximum atomic E-state index is 13.1. The SMILES string of the molecule is Cc1ccc(N2C(=O)NC(=O)/C(=C\c3cc(Cl)ccc3OC(C)C)C2=O)cc1C. The zero-order valence-electron chi connectivity index (χ0n) is 16.6. The van der Waals surface area contributed by atoms with Gasteiger partial charge in [0, 0.05) is 10.6 Å². The quantitative estimate of drug-likeness (QED) is 0.596. The summed E-state index contributed by atoms with van der Waals surface area (Å²) in [7, 11) is 0. The molecule has 1 fully saturated rings. The molecule has 29 heavy (non-hydrogen) atoms. The summed E-state index contributed by atoms with van der Waals surface area (Å²) in [6.45, 7) is 7.55. The number of barbiturate groups is 1. The summed E-state index contributed by atoms with van der Waals surface area (Å²) in [5, 5.41) is 2.65. The lowest BCUT2D eigenvalue weighted by molar-refractivity contribution is -0.122. The van der Waals surface area contributed by atoms with Crippen LogP contribution in [0.4, 0.5) is 10.5 Å². The Balaban J connectivity index is 2.06. The number of anilines is 1. The van der Waals surface area contributed by atoms with Crippen LogP contribution in [0.1, 0.15) is 30.5 Å². The van der Waals surface area contributed by atoms with Crippen molar-refractivity contribution in [3.8, 4) is 5.75 Å². The Hall–Kier alpha value is -3.12. The number of nitrogens with zero attached hydrogens (tertiary/aromatic N) is 1. The summed E-state index contributed by atoms with van der Waals surface area (Å²) in [4.78, 5) is 38.8. The van der Waals surface area contributed by atoms with Crippen LogP contribution in [0.15, 0.2) is 42.0 Å². The van der Waals surface area contributed by atoms with Crippen molar-refractivity contribution in [3.63, 3.8) is 0 Å². The number of carbonyl (C=O) groups excluding carboxylic acids is 3. The standard InChI is InChI=1S/C22H21ClN2O4/c1-12(2)29-19-8-6-16(23)10-15(19)11-18-20(26)24-22(28)25(21(18)27)17-7-5-13(3)14(4)9-17/h5-12H,1-4H3,(H,24,26,28)/b18-11+. The van der Waals surface area contributed by atoms with E-state index < -0.39 is 17.8 Å². The van der Waals surface area contributed by atoms with Gasteiger partial charge in [0.05, 0.1) is 11.8 Å². The van der Waals surface area contributed by atoms with Crippen LogP contribution >= 0.6 is 11.6 Å². The van der Waals surface area contributed by atoms with Gasteiger partial charge in [-0.3, -0.25) is 14.9 Å². The van der Waals surface area contributed by atoms with Gasteiger partial charge in [0.15, 0.2) is 0 Å². The predicted octanol–water partition coefficient (Wildman–Crippen LogP) is 4.41. The monoisotopic (exact) mass is 412 g/mol. The third kappa shape index (κ3) is 4.32. The second-order valence-corrected chi connectivity index (χ2v) is 7.51. The molecule has 1 aliphatic heterocycles. The van der Waals surface area contributed by atoms with Gasteiger partial charge in [0.2, 0.25) is 0 Å². The van der Waals surface area contributed by atoms with Crippen molar-refractivity contribution in [1.82, 2.24) is 5.32 Å².